The number of ether oxygens (including phenoxy) is 2. The van der Waals surface area contributed by atoms with Crippen molar-refractivity contribution in [3.05, 3.63) is 41.3 Å². The van der Waals surface area contributed by atoms with Crippen molar-refractivity contribution >= 4 is 17.3 Å². The van der Waals surface area contributed by atoms with Gasteiger partial charge >= 0.3 is 0 Å². The molecule has 0 saturated carbocycles. The van der Waals surface area contributed by atoms with Crippen molar-refractivity contribution in [2.24, 2.45) is 4.99 Å². The van der Waals surface area contributed by atoms with Gasteiger partial charge in [0.2, 0.25) is 0 Å². The Labute approximate surface area is 172 Å². The monoisotopic (exact) mass is 404 g/mol. The molecule has 28 heavy (non-hydrogen) atoms. The molecule has 0 atom stereocenters. The first-order chi connectivity index (χ1) is 13.7. The summed E-state index contributed by atoms with van der Waals surface area (Å²) in [4.78, 5) is 9.12. The minimum absolute atomic E-state index is 0.754. The van der Waals surface area contributed by atoms with Crippen molar-refractivity contribution in [3.8, 4) is 16.2 Å². The molecule has 2 rings (SSSR count). The summed E-state index contributed by atoms with van der Waals surface area (Å²) < 4.78 is 10.3. The van der Waals surface area contributed by atoms with Crippen molar-refractivity contribution in [2.75, 3.05) is 54.6 Å². The number of aliphatic imine (C=N–C) groups is 1. The average molecular weight is 405 g/mol. The Morgan fingerprint density at radius 3 is 2.54 bits per heavy atom. The van der Waals surface area contributed by atoms with Crippen LogP contribution in [0.4, 0.5) is 0 Å². The van der Waals surface area contributed by atoms with E-state index in [4.69, 9.17) is 9.47 Å². The predicted octanol–water partition coefficient (Wildman–Crippen LogP) is 3.06. The number of thiophene rings is 1. The number of likely N-dealkylation sites (N-methyl/N-ethyl adjacent to an activating group) is 1. The molecular weight excluding hydrogens is 372 g/mol. The van der Waals surface area contributed by atoms with E-state index in [0.29, 0.717) is 0 Å². The summed E-state index contributed by atoms with van der Waals surface area (Å²) in [6.45, 7) is 4.41. The Bertz CT molecular complexity index is 715. The van der Waals surface area contributed by atoms with Crippen molar-refractivity contribution in [3.63, 3.8) is 0 Å². The summed E-state index contributed by atoms with van der Waals surface area (Å²) in [5.74, 6) is 1.70. The van der Waals surface area contributed by atoms with Crippen LogP contribution >= 0.6 is 11.3 Å². The zero-order chi connectivity index (χ0) is 20.2. The van der Waals surface area contributed by atoms with E-state index in [1.165, 1.54) is 15.3 Å². The second kappa shape index (κ2) is 12.4. The van der Waals surface area contributed by atoms with Gasteiger partial charge in [-0.3, -0.25) is 4.99 Å². The maximum absolute atomic E-state index is 5.22. The Hall–Kier alpha value is -2.09. The van der Waals surface area contributed by atoms with Crippen molar-refractivity contribution < 1.29 is 9.47 Å². The van der Waals surface area contributed by atoms with Gasteiger partial charge in [0, 0.05) is 50.2 Å². The van der Waals surface area contributed by atoms with E-state index < -0.39 is 0 Å². The maximum atomic E-state index is 5.22. The smallest absolute Gasteiger partial charge is 0.191 e. The summed E-state index contributed by atoms with van der Waals surface area (Å²) in [6, 6.07) is 12.5. The van der Waals surface area contributed by atoms with Crippen LogP contribution in [0.2, 0.25) is 0 Å². The Morgan fingerprint density at radius 1 is 1.07 bits per heavy atom. The van der Waals surface area contributed by atoms with Crippen LogP contribution in [0.3, 0.4) is 0 Å². The molecule has 0 radical (unpaired) electrons. The first-order valence-electron chi connectivity index (χ1n) is 9.51. The van der Waals surface area contributed by atoms with E-state index in [0.717, 1.165) is 50.9 Å². The number of rotatable bonds is 11. The van der Waals surface area contributed by atoms with E-state index in [-0.39, 0.29) is 0 Å². The lowest BCUT2D eigenvalue weighted by atomic mass is 10.2. The Morgan fingerprint density at radius 2 is 1.86 bits per heavy atom. The number of hydrogen-bond donors (Lipinski definition) is 2. The number of benzene rings is 1. The van der Waals surface area contributed by atoms with Gasteiger partial charge in [-0.2, -0.15) is 0 Å². The van der Waals surface area contributed by atoms with Gasteiger partial charge < -0.3 is 25.0 Å². The number of methoxy groups -OCH3 is 2. The van der Waals surface area contributed by atoms with Gasteiger partial charge in [-0.15, -0.1) is 11.3 Å². The number of hydrogen-bond acceptors (Lipinski definition) is 5. The third-order valence-electron chi connectivity index (χ3n) is 4.36. The van der Waals surface area contributed by atoms with Crippen LogP contribution in [-0.4, -0.2) is 65.4 Å². The molecule has 0 saturated heterocycles. The number of nitrogens with one attached hydrogen (secondary N) is 2. The summed E-state index contributed by atoms with van der Waals surface area (Å²) in [5, 5.41) is 6.75. The van der Waals surface area contributed by atoms with Gasteiger partial charge in [0.25, 0.3) is 0 Å². The summed E-state index contributed by atoms with van der Waals surface area (Å²) in [5.41, 5.74) is 1.20. The van der Waals surface area contributed by atoms with Crippen LogP contribution in [0.5, 0.6) is 5.75 Å². The third-order valence-corrected chi connectivity index (χ3v) is 5.50. The van der Waals surface area contributed by atoms with E-state index >= 15 is 0 Å². The minimum Gasteiger partial charge on any atom is -0.497 e. The van der Waals surface area contributed by atoms with Gasteiger partial charge in [-0.05, 0) is 55.4 Å². The highest BCUT2D eigenvalue weighted by atomic mass is 32.1. The maximum Gasteiger partial charge on any atom is 0.191 e. The third kappa shape index (κ3) is 7.50. The zero-order valence-electron chi connectivity index (χ0n) is 17.3. The fraction of sp³-hybridized carbons (Fsp3) is 0.476. The molecular formula is C21H32N4O2S. The molecule has 0 unspecified atom stereocenters. The summed E-state index contributed by atoms with van der Waals surface area (Å²) in [6.07, 6.45) is 1.05. The Balaban J connectivity index is 1.75. The molecule has 0 fully saturated rings. The van der Waals surface area contributed by atoms with Gasteiger partial charge in [0.1, 0.15) is 5.75 Å². The van der Waals surface area contributed by atoms with Crippen LogP contribution < -0.4 is 15.4 Å². The first kappa shape index (κ1) is 22.2. The molecule has 7 heteroatoms. The summed E-state index contributed by atoms with van der Waals surface area (Å²) in [7, 11) is 7.35. The van der Waals surface area contributed by atoms with E-state index in [9.17, 15) is 0 Å². The van der Waals surface area contributed by atoms with Crippen LogP contribution in [0.25, 0.3) is 10.4 Å². The quantitative estimate of drug-likeness (QED) is 0.342. The molecule has 0 spiro atoms. The molecule has 6 nitrogen and oxygen atoms in total. The SMILES string of the molecule is CN=C(NCCN(C)CCCOC)NCc1ccc(-c2ccc(OC)cc2)s1. The van der Waals surface area contributed by atoms with Crippen LogP contribution in [0.15, 0.2) is 41.4 Å². The molecule has 154 valence electrons. The van der Waals surface area contributed by atoms with E-state index in [1.807, 2.05) is 12.1 Å². The highest BCUT2D eigenvalue weighted by Gasteiger charge is 2.05. The summed E-state index contributed by atoms with van der Waals surface area (Å²) >= 11 is 1.79. The fourth-order valence-corrected chi connectivity index (χ4v) is 3.68. The normalized spacial score (nSPS) is 11.7. The first-order valence-corrected chi connectivity index (χ1v) is 10.3. The number of nitrogens with zero attached hydrogens (tertiary/aromatic N) is 2. The topological polar surface area (TPSA) is 58.1 Å². The van der Waals surface area contributed by atoms with Crippen molar-refractivity contribution in [1.29, 1.82) is 0 Å². The largest absolute Gasteiger partial charge is 0.497 e. The predicted molar refractivity (Wildman–Crippen MR) is 118 cm³/mol. The molecule has 0 amide bonds. The highest BCUT2D eigenvalue weighted by Crippen LogP contribution is 2.29. The molecule has 0 aliphatic carbocycles. The van der Waals surface area contributed by atoms with E-state index in [1.54, 1.807) is 32.6 Å². The van der Waals surface area contributed by atoms with Crippen LogP contribution in [-0.2, 0) is 11.3 Å². The van der Waals surface area contributed by atoms with Crippen molar-refractivity contribution in [1.82, 2.24) is 15.5 Å². The number of guanidine groups is 1. The van der Waals surface area contributed by atoms with Gasteiger partial charge in [-0.1, -0.05) is 0 Å². The average Bonchev–Trinajstić information content (AvgIpc) is 3.20. The van der Waals surface area contributed by atoms with Gasteiger partial charge in [-0.25, -0.2) is 0 Å². The molecule has 1 aromatic carbocycles. The highest BCUT2D eigenvalue weighted by molar-refractivity contribution is 7.15. The van der Waals surface area contributed by atoms with Gasteiger partial charge in [0.05, 0.1) is 13.7 Å². The minimum atomic E-state index is 0.754. The molecule has 1 heterocycles. The lowest BCUT2D eigenvalue weighted by molar-refractivity contribution is 0.180. The molecule has 0 bridgehead atoms. The lowest BCUT2D eigenvalue weighted by Gasteiger charge is -2.18. The zero-order valence-corrected chi connectivity index (χ0v) is 18.1. The van der Waals surface area contributed by atoms with Crippen LogP contribution in [0.1, 0.15) is 11.3 Å². The second-order valence-corrected chi connectivity index (χ2v) is 7.66. The van der Waals surface area contributed by atoms with Gasteiger partial charge in [0.15, 0.2) is 5.96 Å². The lowest BCUT2D eigenvalue weighted by Crippen LogP contribution is -2.40. The molecule has 1 aromatic heterocycles. The standard InChI is InChI=1S/C21H32N4O2S/c1-22-21(23-12-14-25(2)13-5-15-26-3)24-16-19-10-11-20(28-19)17-6-8-18(27-4)9-7-17/h6-11H,5,12-16H2,1-4H3,(H2,22,23,24). The molecule has 0 aliphatic rings. The van der Waals surface area contributed by atoms with Crippen molar-refractivity contribution in [2.45, 2.75) is 13.0 Å². The fourth-order valence-electron chi connectivity index (χ4n) is 2.73. The second-order valence-electron chi connectivity index (χ2n) is 6.50. The van der Waals surface area contributed by atoms with Crippen LogP contribution in [0, 0.1) is 0 Å². The molecule has 0 aliphatic heterocycles. The molecule has 2 N–H and O–H groups in total. The molecule has 2 aromatic rings. The Kier molecular flexibility index (Phi) is 9.82. The van der Waals surface area contributed by atoms with E-state index in [2.05, 4.69) is 51.8 Å².